The topological polar surface area (TPSA) is 22.1 Å². The maximum atomic E-state index is 6.02. The zero-order valence-electron chi connectivity index (χ0n) is 13.3. The van der Waals surface area contributed by atoms with Gasteiger partial charge in [0.2, 0.25) is 5.88 Å². The Bertz CT molecular complexity index is 627. The third kappa shape index (κ3) is 3.76. The van der Waals surface area contributed by atoms with Gasteiger partial charge in [-0.1, -0.05) is 32.9 Å². The Morgan fingerprint density at radius 2 is 1.71 bits per heavy atom. The highest BCUT2D eigenvalue weighted by atomic mass is 35.5. The van der Waals surface area contributed by atoms with Crippen molar-refractivity contribution in [2.45, 2.75) is 45.9 Å². The van der Waals surface area contributed by atoms with Crippen molar-refractivity contribution in [2.24, 2.45) is 0 Å². The van der Waals surface area contributed by atoms with Crippen LogP contribution in [0.3, 0.4) is 0 Å². The van der Waals surface area contributed by atoms with Crippen LogP contribution in [0, 0.1) is 13.8 Å². The van der Waals surface area contributed by atoms with Gasteiger partial charge >= 0.3 is 0 Å². The molecule has 0 N–H and O–H groups in total. The van der Waals surface area contributed by atoms with E-state index in [1.54, 1.807) is 0 Å². The quantitative estimate of drug-likeness (QED) is 0.696. The van der Waals surface area contributed by atoms with Crippen LogP contribution in [0.1, 0.15) is 43.2 Å². The zero-order valence-corrected chi connectivity index (χ0v) is 14.1. The van der Waals surface area contributed by atoms with Crippen molar-refractivity contribution in [2.75, 3.05) is 0 Å². The van der Waals surface area contributed by atoms with Gasteiger partial charge in [0.05, 0.1) is 5.88 Å². The van der Waals surface area contributed by atoms with Crippen molar-refractivity contribution in [3.63, 3.8) is 0 Å². The third-order valence-corrected chi connectivity index (χ3v) is 3.77. The standard InChI is InChI=1S/C18H22ClNO/c1-12-10-13(2)20-17(16(12)11-19)21-15-8-6-14(7-9-15)18(3,4)5/h6-10H,11H2,1-5H3. The van der Waals surface area contributed by atoms with E-state index in [0.717, 1.165) is 22.6 Å². The van der Waals surface area contributed by atoms with E-state index < -0.39 is 0 Å². The summed E-state index contributed by atoms with van der Waals surface area (Å²) in [5.41, 5.74) is 4.40. The third-order valence-electron chi connectivity index (χ3n) is 3.51. The van der Waals surface area contributed by atoms with Gasteiger partial charge in [0.15, 0.2) is 0 Å². The van der Waals surface area contributed by atoms with E-state index in [9.17, 15) is 0 Å². The average Bonchev–Trinajstić information content (AvgIpc) is 2.38. The van der Waals surface area contributed by atoms with Gasteiger partial charge < -0.3 is 4.74 Å². The molecule has 112 valence electrons. The van der Waals surface area contributed by atoms with E-state index in [2.05, 4.69) is 37.9 Å². The highest BCUT2D eigenvalue weighted by Gasteiger charge is 2.14. The van der Waals surface area contributed by atoms with E-state index in [0.29, 0.717) is 11.8 Å². The second-order valence-electron chi connectivity index (χ2n) is 6.37. The Morgan fingerprint density at radius 3 is 2.24 bits per heavy atom. The first-order valence-corrected chi connectivity index (χ1v) is 7.66. The fraction of sp³-hybridized carbons (Fsp3) is 0.389. The van der Waals surface area contributed by atoms with Crippen LogP contribution < -0.4 is 4.74 Å². The Hall–Kier alpha value is -1.54. The number of pyridine rings is 1. The Labute approximate surface area is 132 Å². The smallest absolute Gasteiger partial charge is 0.224 e. The van der Waals surface area contributed by atoms with Gasteiger partial charge in [0.1, 0.15) is 5.75 Å². The minimum atomic E-state index is 0.137. The number of nitrogens with zero attached hydrogens (tertiary/aromatic N) is 1. The molecule has 1 heterocycles. The number of halogens is 1. The number of alkyl halides is 1. The predicted molar refractivity (Wildman–Crippen MR) is 88.5 cm³/mol. The summed E-state index contributed by atoms with van der Waals surface area (Å²) in [6.07, 6.45) is 0. The van der Waals surface area contributed by atoms with E-state index in [1.165, 1.54) is 5.56 Å². The molecular formula is C18H22ClNO. The first kappa shape index (κ1) is 15.8. The lowest BCUT2D eigenvalue weighted by atomic mass is 9.87. The normalized spacial score (nSPS) is 11.5. The van der Waals surface area contributed by atoms with Crippen LogP contribution in [0.5, 0.6) is 11.6 Å². The second-order valence-corrected chi connectivity index (χ2v) is 6.64. The van der Waals surface area contributed by atoms with Gasteiger partial charge in [-0.05, 0) is 48.6 Å². The molecule has 0 atom stereocenters. The number of hydrogen-bond acceptors (Lipinski definition) is 2. The van der Waals surface area contributed by atoms with Crippen LogP contribution in [0.2, 0.25) is 0 Å². The molecular weight excluding hydrogens is 282 g/mol. The monoisotopic (exact) mass is 303 g/mol. The van der Waals surface area contributed by atoms with Crippen LogP contribution in [0.15, 0.2) is 30.3 Å². The van der Waals surface area contributed by atoms with Crippen molar-refractivity contribution in [3.05, 3.63) is 52.7 Å². The number of aryl methyl sites for hydroxylation is 2. The summed E-state index contributed by atoms with van der Waals surface area (Å²) < 4.78 is 5.93. The van der Waals surface area contributed by atoms with Gasteiger partial charge in [-0.2, -0.15) is 0 Å². The Kier molecular flexibility index (Phi) is 4.58. The second kappa shape index (κ2) is 6.07. The van der Waals surface area contributed by atoms with Crippen molar-refractivity contribution in [1.82, 2.24) is 4.98 Å². The van der Waals surface area contributed by atoms with Gasteiger partial charge in [-0.15, -0.1) is 11.6 Å². The molecule has 0 fully saturated rings. The average molecular weight is 304 g/mol. The molecule has 0 amide bonds. The van der Waals surface area contributed by atoms with Gasteiger partial charge in [-0.25, -0.2) is 4.98 Å². The fourth-order valence-corrected chi connectivity index (χ4v) is 2.54. The zero-order chi connectivity index (χ0) is 15.6. The van der Waals surface area contributed by atoms with E-state index >= 15 is 0 Å². The predicted octanol–water partition coefficient (Wildman–Crippen LogP) is 5.53. The number of rotatable bonds is 3. The van der Waals surface area contributed by atoms with Crippen molar-refractivity contribution < 1.29 is 4.74 Å². The van der Waals surface area contributed by atoms with E-state index in [1.807, 2.05) is 32.0 Å². The van der Waals surface area contributed by atoms with Crippen LogP contribution in [0.25, 0.3) is 0 Å². The van der Waals surface area contributed by atoms with E-state index in [-0.39, 0.29) is 5.41 Å². The Balaban J connectivity index is 2.30. The molecule has 0 saturated heterocycles. The summed E-state index contributed by atoms with van der Waals surface area (Å²) in [5.74, 6) is 1.78. The van der Waals surface area contributed by atoms with Crippen LogP contribution in [0.4, 0.5) is 0 Å². The van der Waals surface area contributed by atoms with Crippen molar-refractivity contribution in [1.29, 1.82) is 0 Å². The Morgan fingerprint density at radius 1 is 1.10 bits per heavy atom. The molecule has 3 heteroatoms. The minimum absolute atomic E-state index is 0.137. The largest absolute Gasteiger partial charge is 0.439 e. The highest BCUT2D eigenvalue weighted by molar-refractivity contribution is 6.17. The summed E-state index contributed by atoms with van der Waals surface area (Å²) >= 11 is 6.02. The lowest BCUT2D eigenvalue weighted by Gasteiger charge is -2.19. The molecule has 2 aromatic rings. The lowest BCUT2D eigenvalue weighted by molar-refractivity contribution is 0.455. The van der Waals surface area contributed by atoms with Crippen molar-refractivity contribution in [3.8, 4) is 11.6 Å². The molecule has 21 heavy (non-hydrogen) atoms. The SMILES string of the molecule is Cc1cc(C)c(CCl)c(Oc2ccc(C(C)(C)C)cc2)n1. The van der Waals surface area contributed by atoms with E-state index in [4.69, 9.17) is 16.3 Å². The molecule has 0 spiro atoms. The first-order chi connectivity index (χ1) is 9.81. The molecule has 1 aromatic carbocycles. The van der Waals surface area contributed by atoms with Crippen molar-refractivity contribution >= 4 is 11.6 Å². The molecule has 1 aromatic heterocycles. The first-order valence-electron chi connectivity index (χ1n) is 7.12. The molecule has 0 aliphatic carbocycles. The summed E-state index contributed by atoms with van der Waals surface area (Å²) in [6, 6.07) is 10.2. The van der Waals surface area contributed by atoms with Gasteiger partial charge in [0, 0.05) is 11.3 Å². The lowest BCUT2D eigenvalue weighted by Crippen LogP contribution is -2.10. The minimum Gasteiger partial charge on any atom is -0.439 e. The maximum Gasteiger partial charge on any atom is 0.224 e. The fourth-order valence-electron chi connectivity index (χ4n) is 2.21. The summed E-state index contributed by atoms with van der Waals surface area (Å²) in [6.45, 7) is 10.6. The number of ether oxygens (including phenoxy) is 1. The van der Waals surface area contributed by atoms with Gasteiger partial charge in [0.25, 0.3) is 0 Å². The molecule has 0 saturated carbocycles. The molecule has 0 aliphatic rings. The van der Waals surface area contributed by atoms with Crippen LogP contribution in [-0.4, -0.2) is 4.98 Å². The molecule has 2 nitrogen and oxygen atoms in total. The molecule has 0 aliphatic heterocycles. The molecule has 0 bridgehead atoms. The van der Waals surface area contributed by atoms with Gasteiger partial charge in [-0.3, -0.25) is 0 Å². The number of benzene rings is 1. The molecule has 2 rings (SSSR count). The highest BCUT2D eigenvalue weighted by Crippen LogP contribution is 2.29. The molecule has 0 unspecified atom stereocenters. The summed E-state index contributed by atoms with van der Waals surface area (Å²) in [4.78, 5) is 4.46. The van der Waals surface area contributed by atoms with Crippen LogP contribution in [-0.2, 0) is 11.3 Å². The summed E-state index contributed by atoms with van der Waals surface area (Å²) in [7, 11) is 0. The number of hydrogen-bond donors (Lipinski definition) is 0. The van der Waals surface area contributed by atoms with Crippen LogP contribution >= 0.6 is 11.6 Å². The molecule has 0 radical (unpaired) electrons. The summed E-state index contributed by atoms with van der Waals surface area (Å²) in [5, 5.41) is 0. The number of aromatic nitrogens is 1. The maximum absolute atomic E-state index is 6.02.